The zero-order valence-corrected chi connectivity index (χ0v) is 18.0. The lowest BCUT2D eigenvalue weighted by atomic mass is 10.1. The number of carbonyl (C=O) groups is 1. The number of hydrogen-bond acceptors (Lipinski definition) is 3. The molecule has 3 aromatic rings. The Labute approximate surface area is 177 Å². The first-order valence-electron chi connectivity index (χ1n) is 9.87. The van der Waals surface area contributed by atoms with Gasteiger partial charge in [0.1, 0.15) is 0 Å². The highest BCUT2D eigenvalue weighted by Gasteiger charge is 2.32. The van der Waals surface area contributed by atoms with Crippen LogP contribution in [-0.2, 0) is 16.4 Å². The highest BCUT2D eigenvalue weighted by molar-refractivity contribution is 7.92. The third kappa shape index (κ3) is 3.83. The van der Waals surface area contributed by atoms with Gasteiger partial charge in [-0.3, -0.25) is 9.52 Å². The van der Waals surface area contributed by atoms with E-state index >= 15 is 0 Å². The van der Waals surface area contributed by atoms with Crippen molar-refractivity contribution in [1.29, 1.82) is 0 Å². The van der Waals surface area contributed by atoms with Crippen molar-refractivity contribution in [2.75, 3.05) is 9.62 Å². The van der Waals surface area contributed by atoms with E-state index in [0.29, 0.717) is 17.7 Å². The van der Waals surface area contributed by atoms with Crippen molar-refractivity contribution in [2.45, 2.75) is 38.1 Å². The number of hydrogen-bond donors (Lipinski definition) is 1. The fourth-order valence-electron chi connectivity index (χ4n) is 4.05. The first-order valence-corrected chi connectivity index (χ1v) is 11.4. The van der Waals surface area contributed by atoms with Crippen LogP contribution in [0.4, 0.5) is 11.4 Å². The SMILES string of the molecule is Cc1cc(C)cc(NS(=O)(=O)c2ccc3c(c2)C[C@@H](C)N3C(=O)c2ccccc2)c1. The summed E-state index contributed by atoms with van der Waals surface area (Å²) < 4.78 is 28.6. The van der Waals surface area contributed by atoms with Crippen LogP contribution in [-0.4, -0.2) is 20.4 Å². The minimum absolute atomic E-state index is 0.0435. The zero-order chi connectivity index (χ0) is 21.5. The Morgan fingerprint density at radius 1 is 0.967 bits per heavy atom. The van der Waals surface area contributed by atoms with Gasteiger partial charge in [0, 0.05) is 23.0 Å². The van der Waals surface area contributed by atoms with Gasteiger partial charge in [-0.2, -0.15) is 0 Å². The van der Waals surface area contributed by atoms with Gasteiger partial charge in [0.05, 0.1) is 4.90 Å². The van der Waals surface area contributed by atoms with Crippen LogP contribution in [0.15, 0.2) is 71.6 Å². The summed E-state index contributed by atoms with van der Waals surface area (Å²) in [5.74, 6) is -0.0779. The molecule has 0 aromatic heterocycles. The molecule has 154 valence electrons. The van der Waals surface area contributed by atoms with E-state index in [1.807, 2.05) is 45.0 Å². The molecule has 0 aliphatic carbocycles. The predicted octanol–water partition coefficient (Wildman–Crippen LogP) is 4.70. The van der Waals surface area contributed by atoms with Crippen molar-refractivity contribution < 1.29 is 13.2 Å². The maximum atomic E-state index is 13.0. The molecule has 1 heterocycles. The van der Waals surface area contributed by atoms with Gasteiger partial charge in [0.25, 0.3) is 15.9 Å². The number of amides is 1. The lowest BCUT2D eigenvalue weighted by molar-refractivity contribution is 0.0981. The summed E-state index contributed by atoms with van der Waals surface area (Å²) in [6.07, 6.45) is 0.612. The quantitative estimate of drug-likeness (QED) is 0.666. The van der Waals surface area contributed by atoms with Crippen molar-refractivity contribution >= 4 is 27.3 Å². The van der Waals surface area contributed by atoms with Crippen molar-refractivity contribution in [2.24, 2.45) is 0 Å². The fourth-order valence-corrected chi connectivity index (χ4v) is 5.14. The van der Waals surface area contributed by atoms with Crippen molar-refractivity contribution in [3.63, 3.8) is 0 Å². The van der Waals surface area contributed by atoms with Gasteiger partial charge in [0.2, 0.25) is 0 Å². The first kappa shape index (κ1) is 20.2. The van der Waals surface area contributed by atoms with Crippen molar-refractivity contribution in [3.05, 3.63) is 89.0 Å². The first-order chi connectivity index (χ1) is 14.2. The third-order valence-corrected chi connectivity index (χ3v) is 6.67. The van der Waals surface area contributed by atoms with Crippen LogP contribution < -0.4 is 9.62 Å². The number of nitrogens with zero attached hydrogens (tertiary/aromatic N) is 1. The Morgan fingerprint density at radius 3 is 2.30 bits per heavy atom. The van der Waals surface area contributed by atoms with E-state index in [2.05, 4.69) is 4.72 Å². The van der Waals surface area contributed by atoms with Crippen LogP contribution in [0.1, 0.15) is 34.0 Å². The fraction of sp³-hybridized carbons (Fsp3) is 0.208. The summed E-state index contributed by atoms with van der Waals surface area (Å²) >= 11 is 0. The van der Waals surface area contributed by atoms with E-state index < -0.39 is 10.0 Å². The molecule has 30 heavy (non-hydrogen) atoms. The van der Waals surface area contributed by atoms with Crippen LogP contribution in [0.25, 0.3) is 0 Å². The summed E-state index contributed by atoms with van der Waals surface area (Å²) in [6.45, 7) is 5.84. The number of aryl methyl sites for hydroxylation is 2. The smallest absolute Gasteiger partial charge is 0.261 e. The molecular weight excluding hydrogens is 396 g/mol. The molecular formula is C24H24N2O3S. The van der Waals surface area contributed by atoms with Gasteiger partial charge in [0.15, 0.2) is 0 Å². The highest BCUT2D eigenvalue weighted by atomic mass is 32.2. The Morgan fingerprint density at radius 2 is 1.63 bits per heavy atom. The predicted molar refractivity (Wildman–Crippen MR) is 120 cm³/mol. The van der Waals surface area contributed by atoms with Gasteiger partial charge in [-0.15, -0.1) is 0 Å². The molecule has 0 fully saturated rings. The van der Waals surface area contributed by atoms with Crippen LogP contribution in [0.3, 0.4) is 0 Å². The van der Waals surface area contributed by atoms with Gasteiger partial charge >= 0.3 is 0 Å². The topological polar surface area (TPSA) is 66.5 Å². The van der Waals surface area contributed by atoms with Gasteiger partial charge in [-0.1, -0.05) is 24.3 Å². The summed E-state index contributed by atoms with van der Waals surface area (Å²) in [5.41, 5.74) is 4.76. The van der Waals surface area contributed by atoms with Gasteiger partial charge < -0.3 is 4.90 Å². The summed E-state index contributed by atoms with van der Waals surface area (Å²) in [4.78, 5) is 14.9. The monoisotopic (exact) mass is 420 g/mol. The third-order valence-electron chi connectivity index (χ3n) is 5.29. The van der Waals surface area contributed by atoms with E-state index in [4.69, 9.17) is 0 Å². The molecule has 6 heteroatoms. The minimum Gasteiger partial charge on any atom is -0.305 e. The van der Waals surface area contributed by atoms with Crippen LogP contribution in [0.5, 0.6) is 0 Å². The molecule has 1 amide bonds. The maximum Gasteiger partial charge on any atom is 0.261 e. The molecule has 1 aliphatic rings. The lowest BCUT2D eigenvalue weighted by Gasteiger charge is -2.23. The van der Waals surface area contributed by atoms with E-state index in [1.54, 1.807) is 47.4 Å². The molecule has 0 spiro atoms. The Balaban J connectivity index is 1.64. The number of carbonyl (C=O) groups excluding carboxylic acids is 1. The van der Waals surface area contributed by atoms with E-state index in [1.165, 1.54) is 0 Å². The largest absolute Gasteiger partial charge is 0.305 e. The number of sulfonamides is 1. The average Bonchev–Trinajstić information content (AvgIpc) is 3.01. The molecule has 1 aliphatic heterocycles. The number of benzene rings is 3. The second-order valence-corrected chi connectivity index (χ2v) is 9.55. The van der Waals surface area contributed by atoms with E-state index in [9.17, 15) is 13.2 Å². The zero-order valence-electron chi connectivity index (χ0n) is 17.2. The summed E-state index contributed by atoms with van der Waals surface area (Å²) in [6, 6.07) is 19.7. The Kier molecular flexibility index (Phi) is 5.12. The second-order valence-electron chi connectivity index (χ2n) is 7.87. The molecule has 4 rings (SSSR count). The normalized spacial score (nSPS) is 15.7. The highest BCUT2D eigenvalue weighted by Crippen LogP contribution is 2.35. The number of fused-ring (bicyclic) bond motifs is 1. The molecule has 1 N–H and O–H groups in total. The number of nitrogens with one attached hydrogen (secondary N) is 1. The number of rotatable bonds is 4. The van der Waals surface area contributed by atoms with Crippen molar-refractivity contribution in [3.8, 4) is 0 Å². The van der Waals surface area contributed by atoms with E-state index in [-0.39, 0.29) is 16.8 Å². The average molecular weight is 421 g/mol. The molecule has 0 saturated heterocycles. The molecule has 0 saturated carbocycles. The lowest BCUT2D eigenvalue weighted by Crippen LogP contribution is -2.35. The Bertz CT molecular complexity index is 1200. The van der Waals surface area contributed by atoms with Crippen LogP contribution in [0, 0.1) is 13.8 Å². The van der Waals surface area contributed by atoms with E-state index in [0.717, 1.165) is 22.4 Å². The molecule has 1 atom stereocenters. The molecule has 5 nitrogen and oxygen atoms in total. The standard InChI is InChI=1S/C24H24N2O3S/c1-16-11-17(2)13-21(12-16)25-30(28,29)22-9-10-23-20(15-22)14-18(3)26(23)24(27)19-7-5-4-6-8-19/h4-13,15,18,25H,14H2,1-3H3/t18-/m1/s1. The van der Waals surface area contributed by atoms with Gasteiger partial charge in [-0.05, 0) is 86.3 Å². The minimum atomic E-state index is -3.73. The van der Waals surface area contributed by atoms with Crippen LogP contribution >= 0.6 is 0 Å². The maximum absolute atomic E-state index is 13.0. The van der Waals surface area contributed by atoms with Gasteiger partial charge in [-0.25, -0.2) is 8.42 Å². The summed E-state index contributed by atoms with van der Waals surface area (Å²) in [5, 5.41) is 0. The van der Waals surface area contributed by atoms with Crippen molar-refractivity contribution in [1.82, 2.24) is 0 Å². The van der Waals surface area contributed by atoms with Crippen LogP contribution in [0.2, 0.25) is 0 Å². The number of anilines is 2. The Hall–Kier alpha value is -3.12. The second kappa shape index (κ2) is 7.61. The summed E-state index contributed by atoms with van der Waals surface area (Å²) in [7, 11) is -3.73. The molecule has 0 bridgehead atoms. The molecule has 3 aromatic carbocycles. The molecule has 0 radical (unpaired) electrons. The molecule has 0 unspecified atom stereocenters.